The molecule has 0 aliphatic rings. The van der Waals surface area contributed by atoms with Crippen LogP contribution in [0.4, 0.5) is 11.4 Å². The Morgan fingerprint density at radius 3 is 2.46 bits per heavy atom. The van der Waals surface area contributed by atoms with Gasteiger partial charge in [0.2, 0.25) is 0 Å². The molecule has 0 atom stereocenters. The van der Waals surface area contributed by atoms with Crippen molar-refractivity contribution in [1.29, 1.82) is 0 Å². The molecular weight excluding hydrogens is 332 g/mol. The van der Waals surface area contributed by atoms with Gasteiger partial charge in [-0.3, -0.25) is 14.4 Å². The molecule has 2 aromatic carbocycles. The summed E-state index contributed by atoms with van der Waals surface area (Å²) in [5.41, 5.74) is 0.779. The van der Waals surface area contributed by atoms with Gasteiger partial charge in [0.1, 0.15) is 5.75 Å². The highest BCUT2D eigenvalue weighted by Gasteiger charge is 2.25. The normalized spacial score (nSPS) is 11.1. The molecule has 128 valence electrons. The fraction of sp³-hybridized carbons (Fsp3) is 0.250. The Morgan fingerprint density at radius 2 is 1.92 bits per heavy atom. The van der Waals surface area contributed by atoms with Gasteiger partial charge in [0.15, 0.2) is 0 Å². The van der Waals surface area contributed by atoms with Gasteiger partial charge in [0.05, 0.1) is 22.6 Å². The SMILES string of the molecule is CCN(c1cccc([N+](=O)[O-])c1)S(=O)(=O)c1ccc(OC)c(C)c1. The van der Waals surface area contributed by atoms with Crippen LogP contribution >= 0.6 is 0 Å². The molecule has 0 aromatic heterocycles. The average molecular weight is 350 g/mol. The molecule has 8 heteroatoms. The lowest BCUT2D eigenvalue weighted by molar-refractivity contribution is -0.384. The molecule has 0 spiro atoms. The van der Waals surface area contributed by atoms with E-state index in [0.717, 1.165) is 4.31 Å². The third kappa shape index (κ3) is 3.33. The lowest BCUT2D eigenvalue weighted by Crippen LogP contribution is -2.30. The van der Waals surface area contributed by atoms with E-state index in [0.29, 0.717) is 11.3 Å². The molecule has 0 amide bonds. The van der Waals surface area contributed by atoms with Crippen molar-refractivity contribution in [2.45, 2.75) is 18.7 Å². The predicted octanol–water partition coefficient (Wildman–Crippen LogP) is 3.13. The molecule has 0 radical (unpaired) electrons. The van der Waals surface area contributed by atoms with Gasteiger partial charge < -0.3 is 4.74 Å². The average Bonchev–Trinajstić information content (AvgIpc) is 2.55. The van der Waals surface area contributed by atoms with Crippen LogP contribution in [-0.4, -0.2) is 27.0 Å². The van der Waals surface area contributed by atoms with Crippen LogP contribution in [0.3, 0.4) is 0 Å². The van der Waals surface area contributed by atoms with Crippen molar-refractivity contribution in [3.8, 4) is 5.75 Å². The number of nitro benzene ring substituents is 1. The zero-order valence-corrected chi connectivity index (χ0v) is 14.4. The molecule has 2 rings (SSSR count). The number of aryl methyl sites for hydroxylation is 1. The number of nitrogens with zero attached hydrogens (tertiary/aromatic N) is 2. The molecule has 24 heavy (non-hydrogen) atoms. The zero-order chi connectivity index (χ0) is 17.9. The van der Waals surface area contributed by atoms with E-state index in [4.69, 9.17) is 4.74 Å². The van der Waals surface area contributed by atoms with Gasteiger partial charge in [-0.25, -0.2) is 8.42 Å². The predicted molar refractivity (Wildman–Crippen MR) is 91.0 cm³/mol. The van der Waals surface area contributed by atoms with Crippen molar-refractivity contribution in [3.63, 3.8) is 0 Å². The van der Waals surface area contributed by atoms with E-state index in [-0.39, 0.29) is 22.8 Å². The summed E-state index contributed by atoms with van der Waals surface area (Å²) in [4.78, 5) is 10.5. The molecule has 0 bridgehead atoms. The number of methoxy groups -OCH3 is 1. The third-order valence-corrected chi connectivity index (χ3v) is 5.47. The van der Waals surface area contributed by atoms with E-state index in [2.05, 4.69) is 0 Å². The first-order valence-electron chi connectivity index (χ1n) is 7.23. The van der Waals surface area contributed by atoms with Crippen molar-refractivity contribution >= 4 is 21.4 Å². The van der Waals surface area contributed by atoms with Gasteiger partial charge in [-0.2, -0.15) is 0 Å². The van der Waals surface area contributed by atoms with Gasteiger partial charge in [0.25, 0.3) is 15.7 Å². The van der Waals surface area contributed by atoms with Gasteiger partial charge in [-0.05, 0) is 43.7 Å². The maximum atomic E-state index is 12.9. The summed E-state index contributed by atoms with van der Waals surface area (Å²) >= 11 is 0. The Balaban J connectivity index is 2.51. The first-order chi connectivity index (χ1) is 11.3. The molecule has 2 aromatic rings. The molecule has 0 aliphatic carbocycles. The second-order valence-electron chi connectivity index (χ2n) is 5.08. The molecule has 0 saturated heterocycles. The number of nitro groups is 1. The molecule has 0 fully saturated rings. The van der Waals surface area contributed by atoms with Crippen molar-refractivity contribution in [2.24, 2.45) is 0 Å². The molecule has 0 N–H and O–H groups in total. The number of anilines is 1. The van der Waals surface area contributed by atoms with E-state index >= 15 is 0 Å². The van der Waals surface area contributed by atoms with Crippen LogP contribution in [0.15, 0.2) is 47.4 Å². The lowest BCUT2D eigenvalue weighted by Gasteiger charge is -2.23. The van der Waals surface area contributed by atoms with Crippen LogP contribution in [0, 0.1) is 17.0 Å². The summed E-state index contributed by atoms with van der Waals surface area (Å²) in [6.07, 6.45) is 0. The van der Waals surface area contributed by atoms with Crippen LogP contribution in [0.5, 0.6) is 5.75 Å². The Kier molecular flexibility index (Phi) is 5.08. The third-order valence-electron chi connectivity index (χ3n) is 3.57. The second-order valence-corrected chi connectivity index (χ2v) is 6.94. The van der Waals surface area contributed by atoms with Crippen LogP contribution in [0.2, 0.25) is 0 Å². The van der Waals surface area contributed by atoms with Crippen molar-refractivity contribution in [1.82, 2.24) is 0 Å². The van der Waals surface area contributed by atoms with E-state index in [9.17, 15) is 18.5 Å². The smallest absolute Gasteiger partial charge is 0.271 e. The number of hydrogen-bond acceptors (Lipinski definition) is 5. The van der Waals surface area contributed by atoms with E-state index < -0.39 is 14.9 Å². The van der Waals surface area contributed by atoms with Crippen molar-refractivity contribution < 1.29 is 18.1 Å². The van der Waals surface area contributed by atoms with Crippen LogP contribution in [0.25, 0.3) is 0 Å². The number of hydrogen-bond donors (Lipinski definition) is 0. The largest absolute Gasteiger partial charge is 0.496 e. The highest BCUT2D eigenvalue weighted by molar-refractivity contribution is 7.92. The molecular formula is C16H18N2O5S. The summed E-state index contributed by atoms with van der Waals surface area (Å²) in [5, 5.41) is 10.9. The molecule has 0 aliphatic heterocycles. The monoisotopic (exact) mass is 350 g/mol. The van der Waals surface area contributed by atoms with E-state index in [1.165, 1.54) is 43.5 Å². The van der Waals surface area contributed by atoms with Gasteiger partial charge in [-0.15, -0.1) is 0 Å². The highest BCUT2D eigenvalue weighted by Crippen LogP contribution is 2.29. The summed E-state index contributed by atoms with van der Waals surface area (Å²) in [6, 6.07) is 10.1. The minimum absolute atomic E-state index is 0.106. The first-order valence-corrected chi connectivity index (χ1v) is 8.67. The topological polar surface area (TPSA) is 89.8 Å². The van der Waals surface area contributed by atoms with Gasteiger partial charge >= 0.3 is 0 Å². The standard InChI is InChI=1S/C16H18N2O5S/c1-4-17(13-6-5-7-14(11-13)18(19)20)24(21,22)15-8-9-16(23-3)12(2)10-15/h5-11H,4H2,1-3H3. The second kappa shape index (κ2) is 6.88. The number of sulfonamides is 1. The summed E-state index contributed by atoms with van der Waals surface area (Å²) in [6.45, 7) is 3.57. The van der Waals surface area contributed by atoms with E-state index in [1.807, 2.05) is 0 Å². The van der Waals surface area contributed by atoms with Crippen molar-refractivity contribution in [3.05, 3.63) is 58.1 Å². The van der Waals surface area contributed by atoms with E-state index in [1.54, 1.807) is 19.9 Å². The number of ether oxygens (including phenoxy) is 1. The van der Waals surface area contributed by atoms with Crippen LogP contribution in [0.1, 0.15) is 12.5 Å². The Morgan fingerprint density at radius 1 is 1.21 bits per heavy atom. The van der Waals surface area contributed by atoms with Gasteiger partial charge in [0, 0.05) is 18.7 Å². The number of rotatable bonds is 6. The molecule has 0 unspecified atom stereocenters. The van der Waals surface area contributed by atoms with Crippen molar-refractivity contribution in [2.75, 3.05) is 18.0 Å². The summed E-state index contributed by atoms with van der Waals surface area (Å²) in [5.74, 6) is 0.590. The Labute approximate surface area is 140 Å². The molecule has 0 saturated carbocycles. The van der Waals surface area contributed by atoms with Crippen LogP contribution in [-0.2, 0) is 10.0 Å². The fourth-order valence-corrected chi connectivity index (χ4v) is 3.94. The highest BCUT2D eigenvalue weighted by atomic mass is 32.2. The summed E-state index contributed by atoms with van der Waals surface area (Å²) < 4.78 is 32.1. The lowest BCUT2D eigenvalue weighted by atomic mass is 10.2. The Hall–Kier alpha value is -2.61. The number of non-ortho nitro benzene ring substituents is 1. The Bertz CT molecular complexity index is 865. The maximum Gasteiger partial charge on any atom is 0.271 e. The summed E-state index contributed by atoms with van der Waals surface area (Å²) in [7, 11) is -2.33. The maximum absolute atomic E-state index is 12.9. The quantitative estimate of drug-likeness (QED) is 0.590. The van der Waals surface area contributed by atoms with Gasteiger partial charge in [-0.1, -0.05) is 6.07 Å². The van der Waals surface area contributed by atoms with Crippen LogP contribution < -0.4 is 9.04 Å². The minimum Gasteiger partial charge on any atom is -0.496 e. The first kappa shape index (κ1) is 17.7. The fourth-order valence-electron chi connectivity index (χ4n) is 2.39. The zero-order valence-electron chi connectivity index (χ0n) is 13.6. The minimum atomic E-state index is -3.84. The number of benzene rings is 2. The molecule has 7 nitrogen and oxygen atoms in total. The molecule has 0 heterocycles.